The summed E-state index contributed by atoms with van der Waals surface area (Å²) in [5, 5.41) is 0. The normalized spacial score (nSPS) is 22.0. The number of carbonyl (C=O) groups excluding carboxylic acids is 1. The number of carbonyl (C=O) groups is 1. The molecule has 1 aromatic carbocycles. The van der Waals surface area contributed by atoms with Crippen molar-refractivity contribution in [3.63, 3.8) is 0 Å². The Morgan fingerprint density at radius 2 is 2.08 bits per heavy atom. The second-order valence-corrected chi connectivity index (χ2v) is 7.83. The predicted octanol–water partition coefficient (Wildman–Crippen LogP) is 2.72. The summed E-state index contributed by atoms with van der Waals surface area (Å²) in [7, 11) is 0. The lowest BCUT2D eigenvalue weighted by Crippen LogP contribution is -2.49. The maximum absolute atomic E-state index is 13.0. The number of benzene rings is 1. The van der Waals surface area contributed by atoms with Gasteiger partial charge in [-0.3, -0.25) is 9.59 Å². The maximum atomic E-state index is 13.0. The molecule has 2 aromatic heterocycles. The molecule has 1 saturated heterocycles. The number of piperidine rings is 1. The minimum atomic E-state index is 0.0719. The van der Waals surface area contributed by atoms with Crippen molar-refractivity contribution in [1.29, 1.82) is 0 Å². The summed E-state index contributed by atoms with van der Waals surface area (Å²) in [6.07, 6.45) is 1.06. The zero-order chi connectivity index (χ0) is 17.0. The molecule has 3 aromatic rings. The second kappa shape index (κ2) is 5.52. The fourth-order valence-corrected chi connectivity index (χ4v) is 4.95. The van der Waals surface area contributed by atoms with Crippen LogP contribution in [0.3, 0.4) is 0 Å². The largest absolute Gasteiger partial charge is 0.338 e. The maximum Gasteiger partial charge on any atom is 0.253 e. The van der Waals surface area contributed by atoms with E-state index in [4.69, 9.17) is 0 Å². The molecule has 1 amide bonds. The average molecular weight is 351 g/mol. The fraction of sp³-hybridized carbons (Fsp3) is 0.316. The molecule has 0 radical (unpaired) electrons. The number of rotatable bonds is 1. The van der Waals surface area contributed by atoms with Crippen LogP contribution in [-0.2, 0) is 6.54 Å². The van der Waals surface area contributed by atoms with E-state index in [9.17, 15) is 9.59 Å². The first kappa shape index (κ1) is 14.8. The van der Waals surface area contributed by atoms with Crippen molar-refractivity contribution in [2.75, 3.05) is 13.1 Å². The third-order valence-corrected chi connectivity index (χ3v) is 6.14. The van der Waals surface area contributed by atoms with Gasteiger partial charge in [-0.15, -0.1) is 11.3 Å². The van der Waals surface area contributed by atoms with E-state index >= 15 is 0 Å². The lowest BCUT2D eigenvalue weighted by Gasteiger charge is -2.42. The van der Waals surface area contributed by atoms with E-state index < -0.39 is 0 Å². The molecule has 0 spiro atoms. The summed E-state index contributed by atoms with van der Waals surface area (Å²) >= 11 is 1.55. The Morgan fingerprint density at radius 1 is 1.16 bits per heavy atom. The molecule has 1 fully saturated rings. The quantitative estimate of drug-likeness (QED) is 0.677. The van der Waals surface area contributed by atoms with Gasteiger partial charge in [0.2, 0.25) is 0 Å². The predicted molar refractivity (Wildman–Crippen MR) is 97.1 cm³/mol. The van der Waals surface area contributed by atoms with Crippen LogP contribution in [0.2, 0.25) is 0 Å². The second-order valence-electron chi connectivity index (χ2n) is 6.94. The zero-order valence-electron chi connectivity index (χ0n) is 13.6. The lowest BCUT2D eigenvalue weighted by atomic mass is 9.83. The number of amides is 1. The van der Waals surface area contributed by atoms with Crippen LogP contribution in [0.25, 0.3) is 10.2 Å². The highest BCUT2D eigenvalue weighted by molar-refractivity contribution is 7.16. The molecule has 0 saturated carbocycles. The monoisotopic (exact) mass is 351 g/mol. The fourth-order valence-electron chi connectivity index (χ4n) is 4.23. The Labute approximate surface area is 148 Å². The molecule has 2 bridgehead atoms. The van der Waals surface area contributed by atoms with Gasteiger partial charge >= 0.3 is 0 Å². The first-order chi connectivity index (χ1) is 12.2. The van der Waals surface area contributed by atoms with Crippen LogP contribution in [-0.4, -0.2) is 33.4 Å². The molecule has 5 nitrogen and oxygen atoms in total. The molecule has 2 atom stereocenters. The Kier molecular flexibility index (Phi) is 3.28. The molecule has 126 valence electrons. The van der Waals surface area contributed by atoms with Crippen LogP contribution in [0.5, 0.6) is 0 Å². The lowest BCUT2D eigenvalue weighted by molar-refractivity contribution is 0.0595. The first-order valence-electron chi connectivity index (χ1n) is 8.51. The van der Waals surface area contributed by atoms with Crippen molar-refractivity contribution >= 4 is 27.5 Å². The van der Waals surface area contributed by atoms with Gasteiger partial charge in [0.1, 0.15) is 0 Å². The van der Waals surface area contributed by atoms with Crippen LogP contribution >= 0.6 is 11.3 Å². The standard InChI is InChI=1S/C19H17N3O2S/c23-18-3-1-2-16-14-6-12(9-22(16)18)8-21(10-14)19(24)13-4-5-15-17(7-13)25-11-20-15/h1-5,7,11-12,14H,6,8-10H2/t12-,14-/m1/s1. The molecule has 4 heterocycles. The van der Waals surface area contributed by atoms with E-state index in [1.165, 1.54) is 0 Å². The smallest absolute Gasteiger partial charge is 0.253 e. The van der Waals surface area contributed by atoms with Crippen molar-refractivity contribution in [3.05, 3.63) is 63.5 Å². The Hall–Kier alpha value is -2.47. The number of nitrogens with zero attached hydrogens (tertiary/aromatic N) is 3. The van der Waals surface area contributed by atoms with Crippen molar-refractivity contribution in [3.8, 4) is 0 Å². The Balaban J connectivity index is 1.46. The van der Waals surface area contributed by atoms with E-state index in [1.807, 2.05) is 39.8 Å². The molecule has 0 unspecified atom stereocenters. The molecule has 5 rings (SSSR count). The Bertz CT molecular complexity index is 1040. The highest BCUT2D eigenvalue weighted by Crippen LogP contribution is 2.35. The molecule has 6 heteroatoms. The van der Waals surface area contributed by atoms with Gasteiger partial charge in [-0.2, -0.15) is 0 Å². The van der Waals surface area contributed by atoms with Crippen LogP contribution in [0.15, 0.2) is 46.7 Å². The summed E-state index contributed by atoms with van der Waals surface area (Å²) < 4.78 is 2.93. The summed E-state index contributed by atoms with van der Waals surface area (Å²) in [5.41, 5.74) is 4.60. The van der Waals surface area contributed by atoms with Gasteiger partial charge in [0.15, 0.2) is 0 Å². The summed E-state index contributed by atoms with van der Waals surface area (Å²) in [4.78, 5) is 31.4. The van der Waals surface area contributed by atoms with Gasteiger partial charge < -0.3 is 9.47 Å². The molecular formula is C19H17N3O2S. The summed E-state index contributed by atoms with van der Waals surface area (Å²) in [5.74, 6) is 0.677. The van der Waals surface area contributed by atoms with Gasteiger partial charge in [-0.1, -0.05) is 6.07 Å². The van der Waals surface area contributed by atoms with Crippen molar-refractivity contribution in [2.24, 2.45) is 5.92 Å². The third kappa shape index (κ3) is 2.40. The Morgan fingerprint density at radius 3 is 3.00 bits per heavy atom. The topological polar surface area (TPSA) is 55.2 Å². The average Bonchev–Trinajstić information content (AvgIpc) is 3.09. The zero-order valence-corrected chi connectivity index (χ0v) is 14.4. The number of hydrogen-bond acceptors (Lipinski definition) is 4. The molecule has 0 N–H and O–H groups in total. The first-order valence-corrected chi connectivity index (χ1v) is 9.39. The van der Waals surface area contributed by atoms with E-state index in [0.717, 1.165) is 34.4 Å². The molecule has 2 aliphatic heterocycles. The van der Waals surface area contributed by atoms with Crippen molar-refractivity contribution < 1.29 is 4.79 Å². The van der Waals surface area contributed by atoms with Gasteiger partial charge in [0.05, 0.1) is 15.7 Å². The third-order valence-electron chi connectivity index (χ3n) is 5.35. The highest BCUT2D eigenvalue weighted by atomic mass is 32.1. The number of fused-ring (bicyclic) bond motifs is 5. The van der Waals surface area contributed by atoms with Crippen molar-refractivity contribution in [1.82, 2.24) is 14.5 Å². The van der Waals surface area contributed by atoms with E-state index in [2.05, 4.69) is 4.98 Å². The minimum absolute atomic E-state index is 0.0719. The van der Waals surface area contributed by atoms with Gasteiger partial charge in [0, 0.05) is 42.9 Å². The number of aromatic nitrogens is 2. The van der Waals surface area contributed by atoms with Crippen molar-refractivity contribution in [2.45, 2.75) is 18.9 Å². The molecule has 0 aliphatic carbocycles. The van der Waals surface area contributed by atoms with Crippen LogP contribution in [0, 0.1) is 5.92 Å². The van der Waals surface area contributed by atoms with E-state index in [1.54, 1.807) is 22.9 Å². The van der Waals surface area contributed by atoms with Crippen LogP contribution in [0.1, 0.15) is 28.4 Å². The van der Waals surface area contributed by atoms with Crippen LogP contribution < -0.4 is 5.56 Å². The number of likely N-dealkylation sites (tertiary alicyclic amines) is 1. The van der Waals surface area contributed by atoms with Gasteiger partial charge in [-0.25, -0.2) is 4.98 Å². The number of hydrogen-bond donors (Lipinski definition) is 0. The SMILES string of the molecule is O=C(c1ccc2ncsc2c1)N1C[C@H]2C[C@H](C1)c1cccc(=O)n1C2. The van der Waals surface area contributed by atoms with E-state index in [-0.39, 0.29) is 17.4 Å². The minimum Gasteiger partial charge on any atom is -0.338 e. The summed E-state index contributed by atoms with van der Waals surface area (Å²) in [6, 6.07) is 11.2. The molecule has 25 heavy (non-hydrogen) atoms. The molecular weight excluding hydrogens is 334 g/mol. The number of thiazole rings is 1. The highest BCUT2D eigenvalue weighted by Gasteiger charge is 2.36. The molecule has 2 aliphatic rings. The van der Waals surface area contributed by atoms with Gasteiger partial charge in [0.25, 0.3) is 11.5 Å². The van der Waals surface area contributed by atoms with Gasteiger partial charge in [-0.05, 0) is 36.6 Å². The summed E-state index contributed by atoms with van der Waals surface area (Å²) in [6.45, 7) is 2.11. The van der Waals surface area contributed by atoms with E-state index in [0.29, 0.717) is 19.0 Å². The van der Waals surface area contributed by atoms with Crippen LogP contribution in [0.4, 0.5) is 0 Å². The number of pyridine rings is 1.